The van der Waals surface area contributed by atoms with Crippen LogP contribution in [-0.2, 0) is 0 Å². The summed E-state index contributed by atoms with van der Waals surface area (Å²) < 4.78 is 1.87. The van der Waals surface area contributed by atoms with Gasteiger partial charge >= 0.3 is 0 Å². The van der Waals surface area contributed by atoms with Crippen molar-refractivity contribution in [1.82, 2.24) is 9.55 Å². The monoisotopic (exact) mass is 322 g/mol. The molecule has 2 aromatic heterocycles. The molecule has 0 spiro atoms. The van der Waals surface area contributed by atoms with Crippen LogP contribution < -0.4 is 5.56 Å². The lowest BCUT2D eigenvalue weighted by molar-refractivity contribution is 0.942. The number of nitrogens with zero attached hydrogens (tertiary/aromatic N) is 1. The molecule has 1 N–H and O–H groups in total. The third-order valence-electron chi connectivity index (χ3n) is 3.29. The van der Waals surface area contributed by atoms with Gasteiger partial charge in [-0.3, -0.25) is 9.36 Å². The largest absolute Gasteiger partial charge is 0.323 e. The number of halogens is 1. The Morgan fingerprint density at radius 2 is 2.10 bits per heavy atom. The summed E-state index contributed by atoms with van der Waals surface area (Å²) in [5.74, 6) is 0. The van der Waals surface area contributed by atoms with Crippen molar-refractivity contribution in [1.29, 1.82) is 0 Å². The zero-order valence-electron chi connectivity index (χ0n) is 10.9. The number of benzene rings is 1. The number of H-pyrrole nitrogens is 1. The second-order valence-corrected chi connectivity index (χ2v) is 6.59. The van der Waals surface area contributed by atoms with Crippen molar-refractivity contribution >= 4 is 45.4 Å². The first-order valence-corrected chi connectivity index (χ1v) is 7.60. The SMILES string of the molecule is Cc1sc2[nH]c(=S)n(-c3cccc(Cl)c3)c(=O)c2c1C. The van der Waals surface area contributed by atoms with E-state index >= 15 is 0 Å². The number of thiophene rings is 1. The van der Waals surface area contributed by atoms with Crippen LogP contribution in [0.4, 0.5) is 0 Å². The van der Waals surface area contributed by atoms with E-state index in [-0.39, 0.29) is 5.56 Å². The molecular formula is C14H11ClN2OS2. The highest BCUT2D eigenvalue weighted by Crippen LogP contribution is 2.26. The average Bonchev–Trinajstić information content (AvgIpc) is 2.65. The lowest BCUT2D eigenvalue weighted by Crippen LogP contribution is -2.20. The molecule has 3 rings (SSSR count). The van der Waals surface area contributed by atoms with Crippen molar-refractivity contribution in [2.75, 3.05) is 0 Å². The number of aromatic amines is 1. The smallest absolute Gasteiger partial charge is 0.267 e. The molecule has 0 atom stereocenters. The van der Waals surface area contributed by atoms with Gasteiger partial charge in [0.2, 0.25) is 0 Å². The molecule has 3 nitrogen and oxygen atoms in total. The molecule has 0 fully saturated rings. The first-order chi connectivity index (χ1) is 9.49. The van der Waals surface area contributed by atoms with Crippen molar-refractivity contribution in [3.63, 3.8) is 0 Å². The summed E-state index contributed by atoms with van der Waals surface area (Å²) in [5, 5.41) is 1.27. The zero-order chi connectivity index (χ0) is 14.4. The van der Waals surface area contributed by atoms with E-state index in [1.165, 1.54) is 4.57 Å². The molecule has 6 heteroatoms. The highest BCUT2D eigenvalue weighted by atomic mass is 35.5. The zero-order valence-corrected chi connectivity index (χ0v) is 13.2. The van der Waals surface area contributed by atoms with Crippen LogP contribution in [0.2, 0.25) is 5.02 Å². The molecule has 0 unspecified atom stereocenters. The Morgan fingerprint density at radius 3 is 2.80 bits per heavy atom. The van der Waals surface area contributed by atoms with Crippen LogP contribution in [0.1, 0.15) is 10.4 Å². The summed E-state index contributed by atoms with van der Waals surface area (Å²) in [6.07, 6.45) is 0. The fraction of sp³-hybridized carbons (Fsp3) is 0.143. The van der Waals surface area contributed by atoms with Gasteiger partial charge in [-0.15, -0.1) is 11.3 Å². The van der Waals surface area contributed by atoms with Gasteiger partial charge in [0, 0.05) is 9.90 Å². The third-order valence-corrected chi connectivity index (χ3v) is 4.93. The maximum Gasteiger partial charge on any atom is 0.267 e. The standard InChI is InChI=1S/C14H11ClN2OS2/c1-7-8(2)20-12-11(7)13(18)17(14(19)16-12)10-5-3-4-9(15)6-10/h3-6H,1-2H3,(H,16,19). The van der Waals surface area contributed by atoms with Crippen LogP contribution in [0.5, 0.6) is 0 Å². The quantitative estimate of drug-likeness (QED) is 0.675. The Bertz CT molecular complexity index is 936. The Labute approximate surface area is 129 Å². The lowest BCUT2D eigenvalue weighted by Gasteiger charge is -2.07. The van der Waals surface area contributed by atoms with E-state index in [0.29, 0.717) is 20.9 Å². The summed E-state index contributed by atoms with van der Waals surface area (Å²) in [4.78, 5) is 17.8. The number of rotatable bonds is 1. The normalized spacial score (nSPS) is 11.2. The molecule has 0 amide bonds. The van der Waals surface area contributed by atoms with Gasteiger partial charge < -0.3 is 4.98 Å². The maximum atomic E-state index is 12.7. The summed E-state index contributed by atoms with van der Waals surface area (Å²) in [6.45, 7) is 3.95. The van der Waals surface area contributed by atoms with E-state index in [2.05, 4.69) is 4.98 Å². The Hall–Kier alpha value is -1.43. The van der Waals surface area contributed by atoms with Crippen molar-refractivity contribution < 1.29 is 0 Å². The predicted molar refractivity (Wildman–Crippen MR) is 87.1 cm³/mol. The number of aryl methyl sites for hydroxylation is 2. The first-order valence-electron chi connectivity index (χ1n) is 6.00. The molecule has 0 aliphatic carbocycles. The van der Waals surface area contributed by atoms with Crippen molar-refractivity contribution in [3.05, 3.63) is 54.9 Å². The van der Waals surface area contributed by atoms with Gasteiger partial charge in [0.25, 0.3) is 5.56 Å². The molecule has 0 saturated heterocycles. The Kier molecular flexibility index (Phi) is 3.28. The minimum absolute atomic E-state index is 0.104. The van der Waals surface area contributed by atoms with Gasteiger partial charge in [-0.05, 0) is 49.8 Å². The van der Waals surface area contributed by atoms with E-state index in [0.717, 1.165) is 15.3 Å². The van der Waals surface area contributed by atoms with Crippen LogP contribution in [0, 0.1) is 18.6 Å². The topological polar surface area (TPSA) is 37.8 Å². The fourth-order valence-electron chi connectivity index (χ4n) is 2.18. The molecule has 0 aliphatic rings. The van der Waals surface area contributed by atoms with Crippen LogP contribution in [0.15, 0.2) is 29.1 Å². The van der Waals surface area contributed by atoms with E-state index in [4.69, 9.17) is 23.8 Å². The number of nitrogens with one attached hydrogen (secondary N) is 1. The van der Waals surface area contributed by atoms with E-state index in [1.54, 1.807) is 29.5 Å². The van der Waals surface area contributed by atoms with Crippen LogP contribution in [0.3, 0.4) is 0 Å². The Morgan fingerprint density at radius 1 is 1.35 bits per heavy atom. The van der Waals surface area contributed by atoms with E-state index in [1.807, 2.05) is 19.9 Å². The van der Waals surface area contributed by atoms with Crippen LogP contribution in [0.25, 0.3) is 15.9 Å². The summed E-state index contributed by atoms with van der Waals surface area (Å²) in [6, 6.07) is 7.11. The highest BCUT2D eigenvalue weighted by molar-refractivity contribution is 7.71. The fourth-order valence-corrected chi connectivity index (χ4v) is 3.77. The predicted octanol–water partition coefficient (Wildman–Crippen LogP) is 4.38. The van der Waals surface area contributed by atoms with E-state index < -0.39 is 0 Å². The minimum atomic E-state index is -0.104. The molecule has 0 radical (unpaired) electrons. The second-order valence-electron chi connectivity index (χ2n) is 4.54. The number of aromatic nitrogens is 2. The third kappa shape index (κ3) is 2.02. The second kappa shape index (κ2) is 4.84. The Balaban J connectivity index is 2.46. The molecule has 1 aromatic carbocycles. The lowest BCUT2D eigenvalue weighted by atomic mass is 10.2. The van der Waals surface area contributed by atoms with Crippen molar-refractivity contribution in [2.24, 2.45) is 0 Å². The number of fused-ring (bicyclic) bond motifs is 1. The van der Waals surface area contributed by atoms with Gasteiger partial charge in [-0.1, -0.05) is 17.7 Å². The number of hydrogen-bond acceptors (Lipinski definition) is 3. The summed E-state index contributed by atoms with van der Waals surface area (Å²) >= 11 is 12.9. The van der Waals surface area contributed by atoms with Crippen molar-refractivity contribution in [2.45, 2.75) is 13.8 Å². The van der Waals surface area contributed by atoms with Gasteiger partial charge in [-0.25, -0.2) is 0 Å². The van der Waals surface area contributed by atoms with Gasteiger partial charge in [-0.2, -0.15) is 0 Å². The molecule has 20 heavy (non-hydrogen) atoms. The van der Waals surface area contributed by atoms with Gasteiger partial charge in [0.05, 0.1) is 11.1 Å². The van der Waals surface area contributed by atoms with Gasteiger partial charge in [0.15, 0.2) is 4.77 Å². The first kappa shape index (κ1) is 13.5. The molecule has 102 valence electrons. The minimum Gasteiger partial charge on any atom is -0.323 e. The van der Waals surface area contributed by atoms with Crippen LogP contribution in [-0.4, -0.2) is 9.55 Å². The molecular weight excluding hydrogens is 312 g/mol. The molecule has 0 aliphatic heterocycles. The van der Waals surface area contributed by atoms with Crippen LogP contribution >= 0.6 is 35.2 Å². The summed E-state index contributed by atoms with van der Waals surface area (Å²) in [5.41, 5.74) is 1.57. The van der Waals surface area contributed by atoms with E-state index in [9.17, 15) is 4.79 Å². The summed E-state index contributed by atoms with van der Waals surface area (Å²) in [7, 11) is 0. The van der Waals surface area contributed by atoms with Gasteiger partial charge in [0.1, 0.15) is 4.83 Å². The van der Waals surface area contributed by atoms with Crippen molar-refractivity contribution in [3.8, 4) is 5.69 Å². The number of hydrogen-bond donors (Lipinski definition) is 1. The molecule has 0 saturated carbocycles. The highest BCUT2D eigenvalue weighted by Gasteiger charge is 2.13. The molecule has 0 bridgehead atoms. The average molecular weight is 323 g/mol. The molecule has 3 aromatic rings. The maximum absolute atomic E-state index is 12.7. The molecule has 2 heterocycles.